The lowest BCUT2D eigenvalue weighted by molar-refractivity contribution is 0.624. The van der Waals surface area contributed by atoms with Crippen LogP contribution in [0.5, 0.6) is 0 Å². The third-order valence-electron chi connectivity index (χ3n) is 2.34. The summed E-state index contributed by atoms with van der Waals surface area (Å²) >= 11 is 9.48. The van der Waals surface area contributed by atoms with E-state index < -0.39 is 0 Å². The van der Waals surface area contributed by atoms with Crippen LogP contribution in [0.2, 0.25) is 0 Å². The Morgan fingerprint density at radius 2 is 2.13 bits per heavy atom. The first-order valence-corrected chi connectivity index (χ1v) is 6.44. The van der Waals surface area contributed by atoms with Crippen molar-refractivity contribution >= 4 is 27.5 Å². The third-order valence-corrected chi connectivity index (χ3v) is 3.52. The summed E-state index contributed by atoms with van der Waals surface area (Å²) in [6, 6.07) is 4.80. The SMILES string of the molecule is CCCC(Cl)CCc1ccc(F)cc1Br. The van der Waals surface area contributed by atoms with Crippen molar-refractivity contribution in [3.63, 3.8) is 0 Å². The van der Waals surface area contributed by atoms with Crippen LogP contribution in [0.1, 0.15) is 31.7 Å². The summed E-state index contributed by atoms with van der Waals surface area (Å²) in [7, 11) is 0. The van der Waals surface area contributed by atoms with Gasteiger partial charge in [-0.2, -0.15) is 0 Å². The van der Waals surface area contributed by atoms with Crippen molar-refractivity contribution < 1.29 is 4.39 Å². The lowest BCUT2D eigenvalue weighted by atomic mass is 10.1. The lowest BCUT2D eigenvalue weighted by Gasteiger charge is -2.09. The number of hydrogen-bond acceptors (Lipinski definition) is 0. The van der Waals surface area contributed by atoms with E-state index in [0.717, 1.165) is 35.7 Å². The molecule has 0 amide bonds. The molecule has 3 heteroatoms. The maximum absolute atomic E-state index is 12.8. The van der Waals surface area contributed by atoms with Crippen LogP contribution in [-0.2, 0) is 6.42 Å². The Balaban J connectivity index is 2.50. The summed E-state index contributed by atoms with van der Waals surface area (Å²) in [6.07, 6.45) is 3.99. The smallest absolute Gasteiger partial charge is 0.124 e. The molecule has 1 aromatic rings. The molecule has 0 heterocycles. The van der Waals surface area contributed by atoms with Crippen molar-refractivity contribution in [1.82, 2.24) is 0 Å². The zero-order chi connectivity index (χ0) is 11.3. The van der Waals surface area contributed by atoms with Crippen molar-refractivity contribution in [2.24, 2.45) is 0 Å². The molecule has 0 radical (unpaired) electrons. The zero-order valence-electron chi connectivity index (χ0n) is 8.77. The topological polar surface area (TPSA) is 0 Å². The highest BCUT2D eigenvalue weighted by atomic mass is 79.9. The van der Waals surface area contributed by atoms with Gasteiger partial charge < -0.3 is 0 Å². The molecule has 0 N–H and O–H groups in total. The standard InChI is InChI=1S/C12H15BrClF/c1-2-3-10(14)6-4-9-5-7-11(15)8-12(9)13/h5,7-8,10H,2-4,6H2,1H3. The predicted molar refractivity (Wildman–Crippen MR) is 67.0 cm³/mol. The number of hydrogen-bond donors (Lipinski definition) is 0. The Hall–Kier alpha value is -0.0800. The highest BCUT2D eigenvalue weighted by Crippen LogP contribution is 2.21. The van der Waals surface area contributed by atoms with Gasteiger partial charge in [0.25, 0.3) is 0 Å². The van der Waals surface area contributed by atoms with Gasteiger partial charge in [-0.3, -0.25) is 0 Å². The Morgan fingerprint density at radius 3 is 2.73 bits per heavy atom. The molecule has 0 saturated carbocycles. The molecule has 0 aliphatic rings. The van der Waals surface area contributed by atoms with E-state index in [4.69, 9.17) is 11.6 Å². The van der Waals surface area contributed by atoms with E-state index >= 15 is 0 Å². The highest BCUT2D eigenvalue weighted by Gasteiger charge is 2.06. The van der Waals surface area contributed by atoms with Crippen LogP contribution in [0.3, 0.4) is 0 Å². The van der Waals surface area contributed by atoms with Crippen molar-refractivity contribution in [2.45, 2.75) is 38.0 Å². The molecule has 1 atom stereocenters. The largest absolute Gasteiger partial charge is 0.207 e. The van der Waals surface area contributed by atoms with Gasteiger partial charge in [-0.15, -0.1) is 11.6 Å². The molecule has 0 bridgehead atoms. The summed E-state index contributed by atoms with van der Waals surface area (Å²) in [6.45, 7) is 2.13. The predicted octanol–water partition coefficient (Wildman–Crippen LogP) is 4.93. The molecule has 15 heavy (non-hydrogen) atoms. The molecule has 1 aromatic carbocycles. The second-order valence-corrected chi connectivity index (χ2v) is 5.13. The van der Waals surface area contributed by atoms with Gasteiger partial charge in [0.2, 0.25) is 0 Å². The summed E-state index contributed by atoms with van der Waals surface area (Å²) in [5, 5.41) is 0.229. The van der Waals surface area contributed by atoms with Crippen molar-refractivity contribution in [1.29, 1.82) is 0 Å². The van der Waals surface area contributed by atoms with Crippen LogP contribution >= 0.6 is 27.5 Å². The number of halogens is 3. The molecule has 0 saturated heterocycles. The van der Waals surface area contributed by atoms with Crippen LogP contribution in [-0.4, -0.2) is 5.38 Å². The Bertz CT molecular complexity index is 314. The van der Waals surface area contributed by atoms with E-state index in [0.29, 0.717) is 0 Å². The number of rotatable bonds is 5. The van der Waals surface area contributed by atoms with Crippen LogP contribution in [0.15, 0.2) is 22.7 Å². The molecule has 1 unspecified atom stereocenters. The van der Waals surface area contributed by atoms with Crippen LogP contribution < -0.4 is 0 Å². The quantitative estimate of drug-likeness (QED) is 0.675. The molecular weight excluding hydrogens is 278 g/mol. The van der Waals surface area contributed by atoms with E-state index in [2.05, 4.69) is 22.9 Å². The maximum Gasteiger partial charge on any atom is 0.124 e. The fraction of sp³-hybridized carbons (Fsp3) is 0.500. The first-order valence-electron chi connectivity index (χ1n) is 5.21. The highest BCUT2D eigenvalue weighted by molar-refractivity contribution is 9.10. The van der Waals surface area contributed by atoms with Gasteiger partial charge in [-0.25, -0.2) is 4.39 Å². The number of aryl methyl sites for hydroxylation is 1. The van der Waals surface area contributed by atoms with Crippen molar-refractivity contribution in [2.75, 3.05) is 0 Å². The van der Waals surface area contributed by atoms with Crippen molar-refractivity contribution in [3.05, 3.63) is 34.1 Å². The molecule has 0 fully saturated rings. The van der Waals surface area contributed by atoms with Crippen LogP contribution in [0.4, 0.5) is 4.39 Å². The second kappa shape index (κ2) is 6.49. The van der Waals surface area contributed by atoms with Crippen molar-refractivity contribution in [3.8, 4) is 0 Å². The third kappa shape index (κ3) is 4.52. The molecule has 0 aromatic heterocycles. The first kappa shape index (κ1) is 13.0. The van der Waals surface area contributed by atoms with Gasteiger partial charge in [-0.1, -0.05) is 35.3 Å². The summed E-state index contributed by atoms with van der Waals surface area (Å²) in [5.74, 6) is -0.207. The lowest BCUT2D eigenvalue weighted by Crippen LogP contribution is -2.00. The molecule has 0 aliphatic heterocycles. The van der Waals surface area contributed by atoms with Gasteiger partial charge >= 0.3 is 0 Å². The van der Waals surface area contributed by atoms with Gasteiger partial charge in [0, 0.05) is 9.85 Å². The van der Waals surface area contributed by atoms with Gasteiger partial charge in [0.15, 0.2) is 0 Å². The van der Waals surface area contributed by atoms with Gasteiger partial charge in [0.05, 0.1) is 0 Å². The van der Waals surface area contributed by atoms with Gasteiger partial charge in [-0.05, 0) is 37.0 Å². The Labute approximate surface area is 104 Å². The molecule has 84 valence electrons. The maximum atomic E-state index is 12.8. The zero-order valence-corrected chi connectivity index (χ0v) is 11.1. The molecular formula is C12H15BrClF. The molecule has 0 nitrogen and oxygen atoms in total. The monoisotopic (exact) mass is 292 g/mol. The van der Waals surface area contributed by atoms with E-state index in [9.17, 15) is 4.39 Å². The Morgan fingerprint density at radius 1 is 1.40 bits per heavy atom. The minimum absolute atomic E-state index is 0.207. The molecule has 0 spiro atoms. The fourth-order valence-corrected chi connectivity index (χ4v) is 2.37. The molecule has 1 rings (SSSR count). The summed E-state index contributed by atoms with van der Waals surface area (Å²) in [4.78, 5) is 0. The Kier molecular flexibility index (Phi) is 5.62. The summed E-state index contributed by atoms with van der Waals surface area (Å²) in [5.41, 5.74) is 1.12. The first-order chi connectivity index (χ1) is 7.13. The average molecular weight is 294 g/mol. The van der Waals surface area contributed by atoms with E-state index in [1.807, 2.05) is 6.07 Å². The summed E-state index contributed by atoms with van der Waals surface area (Å²) < 4.78 is 13.6. The van der Waals surface area contributed by atoms with E-state index in [1.165, 1.54) is 12.1 Å². The minimum Gasteiger partial charge on any atom is -0.207 e. The minimum atomic E-state index is -0.207. The second-order valence-electron chi connectivity index (χ2n) is 3.66. The number of benzene rings is 1. The number of alkyl halides is 1. The van der Waals surface area contributed by atoms with Crippen LogP contribution in [0, 0.1) is 5.82 Å². The van der Waals surface area contributed by atoms with Gasteiger partial charge in [0.1, 0.15) is 5.82 Å². The fourth-order valence-electron chi connectivity index (χ4n) is 1.49. The average Bonchev–Trinajstić information content (AvgIpc) is 2.17. The van der Waals surface area contributed by atoms with E-state index in [-0.39, 0.29) is 11.2 Å². The molecule has 0 aliphatic carbocycles. The van der Waals surface area contributed by atoms with E-state index in [1.54, 1.807) is 0 Å². The normalized spacial score (nSPS) is 12.8. The van der Waals surface area contributed by atoms with Crippen LogP contribution in [0.25, 0.3) is 0 Å².